The number of methoxy groups -OCH3 is 2. The van der Waals surface area contributed by atoms with E-state index in [4.69, 9.17) is 18.9 Å². The van der Waals surface area contributed by atoms with E-state index in [1.54, 1.807) is 20.3 Å². The highest BCUT2D eigenvalue weighted by Crippen LogP contribution is 2.31. The first kappa shape index (κ1) is 21.4. The molecule has 0 fully saturated rings. The van der Waals surface area contributed by atoms with Gasteiger partial charge in [-0.2, -0.15) is 0 Å². The van der Waals surface area contributed by atoms with Gasteiger partial charge >= 0.3 is 0 Å². The summed E-state index contributed by atoms with van der Waals surface area (Å²) in [5.74, 6) is 2.55. The van der Waals surface area contributed by atoms with E-state index in [0.717, 1.165) is 11.1 Å². The van der Waals surface area contributed by atoms with Gasteiger partial charge in [-0.05, 0) is 56.2 Å². The van der Waals surface area contributed by atoms with Crippen molar-refractivity contribution in [3.05, 3.63) is 47.5 Å². The average Bonchev–Trinajstić information content (AvgIpc) is 2.69. The molecule has 1 amide bonds. The van der Waals surface area contributed by atoms with Gasteiger partial charge in [-0.1, -0.05) is 12.1 Å². The summed E-state index contributed by atoms with van der Waals surface area (Å²) in [6.45, 7) is 6.91. The third-order valence-electron chi connectivity index (χ3n) is 4.26. The van der Waals surface area contributed by atoms with Crippen molar-refractivity contribution in [3.8, 4) is 23.0 Å². The Bertz CT molecular complexity index is 790. The van der Waals surface area contributed by atoms with Gasteiger partial charge in [0, 0.05) is 0 Å². The van der Waals surface area contributed by atoms with Crippen molar-refractivity contribution in [1.29, 1.82) is 0 Å². The minimum Gasteiger partial charge on any atom is -0.493 e. The SMILES string of the molecule is CCOc1ccc([C@@H](C)NC(=O)Cc2ccc(OC)c(OC)c2)cc1OCC. The lowest BCUT2D eigenvalue weighted by Crippen LogP contribution is -2.28. The summed E-state index contributed by atoms with van der Waals surface area (Å²) >= 11 is 0. The van der Waals surface area contributed by atoms with Gasteiger partial charge < -0.3 is 24.3 Å². The van der Waals surface area contributed by atoms with Crippen molar-refractivity contribution >= 4 is 5.91 Å². The number of ether oxygens (including phenoxy) is 4. The van der Waals surface area contributed by atoms with Crippen LogP contribution in [0.4, 0.5) is 0 Å². The molecule has 0 heterocycles. The van der Waals surface area contributed by atoms with Gasteiger partial charge in [0.15, 0.2) is 23.0 Å². The molecule has 6 heteroatoms. The van der Waals surface area contributed by atoms with Crippen LogP contribution in [0.15, 0.2) is 36.4 Å². The summed E-state index contributed by atoms with van der Waals surface area (Å²) < 4.78 is 21.8. The molecule has 0 aliphatic heterocycles. The van der Waals surface area contributed by atoms with Gasteiger partial charge in [0.25, 0.3) is 0 Å². The standard InChI is InChI=1S/C22H29NO5/c1-6-27-19-11-9-17(14-21(19)28-7-2)15(3)23-22(24)13-16-8-10-18(25-4)20(12-16)26-5/h8-12,14-15H,6-7,13H2,1-5H3,(H,23,24)/t15-/m1/s1. The highest BCUT2D eigenvalue weighted by Gasteiger charge is 2.14. The average molecular weight is 387 g/mol. The summed E-state index contributed by atoms with van der Waals surface area (Å²) in [6, 6.07) is 11.0. The molecule has 2 aromatic carbocycles. The van der Waals surface area contributed by atoms with Crippen LogP contribution in [-0.2, 0) is 11.2 Å². The maximum atomic E-state index is 12.5. The molecule has 0 saturated carbocycles. The van der Waals surface area contributed by atoms with Crippen molar-refractivity contribution in [2.24, 2.45) is 0 Å². The molecule has 0 saturated heterocycles. The predicted molar refractivity (Wildman–Crippen MR) is 109 cm³/mol. The number of amides is 1. The van der Waals surface area contributed by atoms with Gasteiger partial charge in [-0.3, -0.25) is 4.79 Å². The summed E-state index contributed by atoms with van der Waals surface area (Å²) in [4.78, 5) is 12.5. The summed E-state index contributed by atoms with van der Waals surface area (Å²) in [6.07, 6.45) is 0.250. The Hall–Kier alpha value is -2.89. The Kier molecular flexibility index (Phi) is 7.99. The number of carbonyl (C=O) groups excluding carboxylic acids is 1. The van der Waals surface area contributed by atoms with Gasteiger partial charge in [-0.25, -0.2) is 0 Å². The number of nitrogens with one attached hydrogen (secondary N) is 1. The highest BCUT2D eigenvalue weighted by molar-refractivity contribution is 5.79. The van der Waals surface area contributed by atoms with Crippen LogP contribution in [-0.4, -0.2) is 33.3 Å². The molecule has 0 aromatic heterocycles. The number of benzene rings is 2. The van der Waals surface area contributed by atoms with Crippen LogP contribution in [0.3, 0.4) is 0 Å². The Morgan fingerprint density at radius 2 is 1.54 bits per heavy atom. The Morgan fingerprint density at radius 1 is 0.893 bits per heavy atom. The van der Waals surface area contributed by atoms with Crippen molar-refractivity contribution in [1.82, 2.24) is 5.32 Å². The molecule has 2 rings (SSSR count). The molecule has 0 bridgehead atoms. The second kappa shape index (κ2) is 10.4. The van der Waals surface area contributed by atoms with Crippen LogP contribution >= 0.6 is 0 Å². The lowest BCUT2D eigenvalue weighted by atomic mass is 10.1. The molecule has 0 aliphatic carbocycles. The van der Waals surface area contributed by atoms with E-state index in [9.17, 15) is 4.79 Å². The molecule has 0 aliphatic rings. The molecular formula is C22H29NO5. The van der Waals surface area contributed by atoms with E-state index >= 15 is 0 Å². The van der Waals surface area contributed by atoms with Gasteiger partial charge in [0.05, 0.1) is 39.9 Å². The highest BCUT2D eigenvalue weighted by atomic mass is 16.5. The van der Waals surface area contributed by atoms with Crippen molar-refractivity contribution in [2.75, 3.05) is 27.4 Å². The van der Waals surface area contributed by atoms with E-state index in [0.29, 0.717) is 36.2 Å². The smallest absolute Gasteiger partial charge is 0.224 e. The van der Waals surface area contributed by atoms with E-state index < -0.39 is 0 Å². The van der Waals surface area contributed by atoms with Crippen molar-refractivity contribution in [2.45, 2.75) is 33.2 Å². The van der Waals surface area contributed by atoms with Crippen molar-refractivity contribution < 1.29 is 23.7 Å². The lowest BCUT2D eigenvalue weighted by molar-refractivity contribution is -0.121. The van der Waals surface area contributed by atoms with E-state index in [1.807, 2.05) is 51.1 Å². The van der Waals surface area contributed by atoms with Crippen LogP contribution in [0, 0.1) is 0 Å². The quantitative estimate of drug-likeness (QED) is 0.669. The first-order valence-electron chi connectivity index (χ1n) is 9.42. The maximum absolute atomic E-state index is 12.5. The normalized spacial score (nSPS) is 11.5. The fourth-order valence-electron chi connectivity index (χ4n) is 2.89. The number of rotatable bonds is 10. The lowest BCUT2D eigenvalue weighted by Gasteiger charge is -2.18. The summed E-state index contributed by atoms with van der Waals surface area (Å²) in [5.41, 5.74) is 1.80. The molecule has 0 spiro atoms. The molecule has 152 valence electrons. The van der Waals surface area contributed by atoms with Crippen LogP contribution in [0.1, 0.15) is 37.9 Å². The Labute approximate surface area is 166 Å². The van der Waals surface area contributed by atoms with Crippen molar-refractivity contribution in [3.63, 3.8) is 0 Å². The zero-order valence-corrected chi connectivity index (χ0v) is 17.2. The van der Waals surface area contributed by atoms with Gasteiger partial charge in [-0.15, -0.1) is 0 Å². The minimum absolute atomic E-state index is 0.0773. The fourth-order valence-corrected chi connectivity index (χ4v) is 2.89. The largest absolute Gasteiger partial charge is 0.493 e. The molecule has 28 heavy (non-hydrogen) atoms. The molecule has 0 unspecified atom stereocenters. The van der Waals surface area contributed by atoms with Gasteiger partial charge in [0.1, 0.15) is 0 Å². The van der Waals surface area contributed by atoms with E-state index in [-0.39, 0.29) is 18.4 Å². The third kappa shape index (κ3) is 5.55. The first-order chi connectivity index (χ1) is 13.5. The van der Waals surface area contributed by atoms with Crippen LogP contribution in [0.2, 0.25) is 0 Å². The van der Waals surface area contributed by atoms with E-state index in [2.05, 4.69) is 5.32 Å². The zero-order valence-electron chi connectivity index (χ0n) is 17.2. The Balaban J connectivity index is 2.06. The molecular weight excluding hydrogens is 358 g/mol. The molecule has 0 radical (unpaired) electrons. The zero-order chi connectivity index (χ0) is 20.5. The summed E-state index contributed by atoms with van der Waals surface area (Å²) in [7, 11) is 3.16. The minimum atomic E-state index is -0.164. The van der Waals surface area contributed by atoms with Crippen LogP contribution in [0.25, 0.3) is 0 Å². The second-order valence-electron chi connectivity index (χ2n) is 6.23. The second-order valence-corrected chi connectivity index (χ2v) is 6.23. The Morgan fingerprint density at radius 3 is 2.18 bits per heavy atom. The maximum Gasteiger partial charge on any atom is 0.224 e. The topological polar surface area (TPSA) is 66.0 Å². The monoisotopic (exact) mass is 387 g/mol. The number of carbonyl (C=O) groups is 1. The van der Waals surface area contributed by atoms with Crippen LogP contribution < -0.4 is 24.3 Å². The molecule has 6 nitrogen and oxygen atoms in total. The predicted octanol–water partition coefficient (Wildman–Crippen LogP) is 3.92. The van der Waals surface area contributed by atoms with Gasteiger partial charge in [0.2, 0.25) is 5.91 Å². The number of hydrogen-bond donors (Lipinski definition) is 1. The van der Waals surface area contributed by atoms with Crippen LogP contribution in [0.5, 0.6) is 23.0 Å². The van der Waals surface area contributed by atoms with E-state index in [1.165, 1.54) is 0 Å². The first-order valence-corrected chi connectivity index (χ1v) is 9.42. The molecule has 1 N–H and O–H groups in total. The molecule has 2 aromatic rings. The summed E-state index contributed by atoms with van der Waals surface area (Å²) in [5, 5.41) is 3.02. The fraction of sp³-hybridized carbons (Fsp3) is 0.409. The number of hydrogen-bond acceptors (Lipinski definition) is 5. The third-order valence-corrected chi connectivity index (χ3v) is 4.26. The molecule has 1 atom stereocenters.